The molecule has 0 aliphatic rings. The molecule has 0 aliphatic carbocycles. The maximum absolute atomic E-state index is 12.1. The van der Waals surface area contributed by atoms with E-state index in [0.717, 1.165) is 10.9 Å². The molecule has 21 heavy (non-hydrogen) atoms. The first-order valence-corrected chi connectivity index (χ1v) is 6.71. The maximum atomic E-state index is 12.1. The van der Waals surface area contributed by atoms with Crippen molar-refractivity contribution in [1.82, 2.24) is 0 Å². The minimum Gasteiger partial charge on any atom is -0.451 e. The van der Waals surface area contributed by atoms with Gasteiger partial charge < -0.3 is 14.8 Å². The van der Waals surface area contributed by atoms with E-state index in [1.807, 2.05) is 24.3 Å². The second kappa shape index (κ2) is 5.42. The molecular formula is C17H15NO3. The summed E-state index contributed by atoms with van der Waals surface area (Å²) in [5, 5.41) is 13.1. The van der Waals surface area contributed by atoms with Gasteiger partial charge in [-0.15, -0.1) is 0 Å². The van der Waals surface area contributed by atoms with Gasteiger partial charge in [0.1, 0.15) is 5.58 Å². The molecule has 0 spiro atoms. The van der Waals surface area contributed by atoms with Crippen LogP contribution in [0.2, 0.25) is 0 Å². The fourth-order valence-electron chi connectivity index (χ4n) is 2.13. The van der Waals surface area contributed by atoms with Crippen LogP contribution in [0.15, 0.2) is 59.0 Å². The molecule has 3 aromatic rings. The molecule has 3 rings (SSSR count). The van der Waals surface area contributed by atoms with Crippen LogP contribution in [-0.4, -0.2) is 11.0 Å². The number of hydrogen-bond acceptors (Lipinski definition) is 3. The van der Waals surface area contributed by atoms with Gasteiger partial charge >= 0.3 is 0 Å². The summed E-state index contributed by atoms with van der Waals surface area (Å²) in [5.74, 6) is -0.0215. The molecule has 0 saturated carbocycles. The summed E-state index contributed by atoms with van der Waals surface area (Å²) in [4.78, 5) is 12.1. The van der Waals surface area contributed by atoms with E-state index in [9.17, 15) is 9.90 Å². The van der Waals surface area contributed by atoms with Gasteiger partial charge in [0.05, 0.1) is 6.10 Å². The molecule has 1 aromatic heterocycles. The Morgan fingerprint density at radius 3 is 2.52 bits per heavy atom. The van der Waals surface area contributed by atoms with Gasteiger partial charge in [-0.25, -0.2) is 0 Å². The molecule has 1 heterocycles. The van der Waals surface area contributed by atoms with E-state index in [4.69, 9.17) is 4.42 Å². The number of nitrogens with one attached hydrogen (secondary N) is 1. The molecule has 1 unspecified atom stereocenters. The summed E-state index contributed by atoms with van der Waals surface area (Å²) in [6.45, 7) is 1.70. The average molecular weight is 281 g/mol. The fourth-order valence-corrected chi connectivity index (χ4v) is 2.13. The Morgan fingerprint density at radius 1 is 1.14 bits per heavy atom. The van der Waals surface area contributed by atoms with Gasteiger partial charge in [-0.3, -0.25) is 4.79 Å². The van der Waals surface area contributed by atoms with Crippen molar-refractivity contribution >= 4 is 22.6 Å². The lowest BCUT2D eigenvalue weighted by molar-refractivity contribution is 0.0998. The van der Waals surface area contributed by atoms with Crippen LogP contribution in [0.25, 0.3) is 11.0 Å². The Morgan fingerprint density at radius 2 is 1.86 bits per heavy atom. The molecule has 0 aliphatic heterocycles. The molecule has 1 amide bonds. The molecule has 0 fully saturated rings. The normalized spacial score (nSPS) is 12.3. The number of carbonyl (C=O) groups is 1. The summed E-state index contributed by atoms with van der Waals surface area (Å²) in [7, 11) is 0. The number of para-hydroxylation sites is 1. The number of benzene rings is 2. The summed E-state index contributed by atoms with van der Waals surface area (Å²) >= 11 is 0. The van der Waals surface area contributed by atoms with E-state index in [2.05, 4.69) is 5.32 Å². The Labute approximate surface area is 122 Å². The first kappa shape index (κ1) is 13.4. The van der Waals surface area contributed by atoms with Crippen LogP contribution in [0.5, 0.6) is 0 Å². The number of aliphatic hydroxyl groups excluding tert-OH is 1. The van der Waals surface area contributed by atoms with Crippen molar-refractivity contribution in [3.05, 3.63) is 65.9 Å². The number of furan rings is 1. The molecular weight excluding hydrogens is 266 g/mol. The van der Waals surface area contributed by atoms with Crippen LogP contribution in [0, 0.1) is 0 Å². The number of hydrogen-bond donors (Lipinski definition) is 2. The quantitative estimate of drug-likeness (QED) is 0.768. The molecule has 0 saturated heterocycles. The van der Waals surface area contributed by atoms with Gasteiger partial charge in [0.2, 0.25) is 0 Å². The first-order chi connectivity index (χ1) is 10.1. The lowest BCUT2D eigenvalue weighted by atomic mass is 10.1. The Kier molecular flexibility index (Phi) is 3.46. The largest absolute Gasteiger partial charge is 0.451 e. The number of carbonyl (C=O) groups excluding carboxylic acids is 1. The zero-order chi connectivity index (χ0) is 14.8. The summed E-state index contributed by atoms with van der Waals surface area (Å²) in [6, 6.07) is 16.3. The molecule has 1 atom stereocenters. The summed E-state index contributed by atoms with van der Waals surface area (Å²) in [6.07, 6.45) is -0.523. The Balaban J connectivity index is 1.79. The Bertz CT molecular complexity index is 739. The van der Waals surface area contributed by atoms with Crippen molar-refractivity contribution in [2.45, 2.75) is 13.0 Å². The average Bonchev–Trinajstić information content (AvgIpc) is 2.92. The van der Waals surface area contributed by atoms with Crippen LogP contribution < -0.4 is 5.32 Å². The highest BCUT2D eigenvalue weighted by atomic mass is 16.3. The fraction of sp³-hybridized carbons (Fsp3) is 0.118. The van der Waals surface area contributed by atoms with Crippen molar-refractivity contribution in [2.75, 3.05) is 5.32 Å². The van der Waals surface area contributed by atoms with Crippen molar-refractivity contribution in [3.8, 4) is 0 Å². The molecule has 0 radical (unpaired) electrons. The van der Waals surface area contributed by atoms with Gasteiger partial charge in [-0.2, -0.15) is 0 Å². The third kappa shape index (κ3) is 2.80. The number of amides is 1. The zero-order valence-electron chi connectivity index (χ0n) is 11.5. The van der Waals surface area contributed by atoms with E-state index >= 15 is 0 Å². The van der Waals surface area contributed by atoms with Crippen LogP contribution in [-0.2, 0) is 0 Å². The van der Waals surface area contributed by atoms with Crippen molar-refractivity contribution in [3.63, 3.8) is 0 Å². The zero-order valence-corrected chi connectivity index (χ0v) is 11.5. The van der Waals surface area contributed by atoms with Gasteiger partial charge in [0.25, 0.3) is 5.91 Å². The molecule has 0 bridgehead atoms. The van der Waals surface area contributed by atoms with Crippen LogP contribution in [0.3, 0.4) is 0 Å². The van der Waals surface area contributed by atoms with E-state index < -0.39 is 6.10 Å². The van der Waals surface area contributed by atoms with Crippen molar-refractivity contribution < 1.29 is 14.3 Å². The van der Waals surface area contributed by atoms with Gasteiger partial charge in [-0.05, 0) is 36.8 Å². The SMILES string of the molecule is CC(O)c1ccc(NC(=O)c2cc3ccccc3o2)cc1. The lowest BCUT2D eigenvalue weighted by Crippen LogP contribution is -2.10. The van der Waals surface area contributed by atoms with Crippen LogP contribution >= 0.6 is 0 Å². The molecule has 4 heteroatoms. The summed E-state index contributed by atoms with van der Waals surface area (Å²) < 4.78 is 5.51. The predicted octanol–water partition coefficient (Wildman–Crippen LogP) is 3.74. The molecule has 2 aromatic carbocycles. The smallest absolute Gasteiger partial charge is 0.291 e. The molecule has 2 N–H and O–H groups in total. The Hall–Kier alpha value is -2.59. The van der Waals surface area contributed by atoms with Gasteiger partial charge in [-0.1, -0.05) is 30.3 Å². The lowest BCUT2D eigenvalue weighted by Gasteiger charge is -2.06. The topological polar surface area (TPSA) is 62.5 Å². The van der Waals surface area contributed by atoms with E-state index in [-0.39, 0.29) is 11.7 Å². The van der Waals surface area contributed by atoms with Crippen molar-refractivity contribution in [1.29, 1.82) is 0 Å². The minimum absolute atomic E-state index is 0.274. The predicted molar refractivity (Wildman–Crippen MR) is 81.2 cm³/mol. The van der Waals surface area contributed by atoms with Gasteiger partial charge in [0, 0.05) is 11.1 Å². The standard InChI is InChI=1S/C17H15NO3/c1-11(19)12-6-8-14(9-7-12)18-17(20)16-10-13-4-2-3-5-15(13)21-16/h2-11,19H,1H3,(H,18,20). The number of fused-ring (bicyclic) bond motifs is 1. The molecule has 106 valence electrons. The monoisotopic (exact) mass is 281 g/mol. The summed E-state index contributed by atoms with van der Waals surface area (Å²) in [5.41, 5.74) is 2.15. The van der Waals surface area contributed by atoms with Crippen LogP contribution in [0.1, 0.15) is 29.1 Å². The highest BCUT2D eigenvalue weighted by Gasteiger charge is 2.12. The minimum atomic E-state index is -0.523. The number of aliphatic hydroxyl groups is 1. The second-order valence-corrected chi connectivity index (χ2v) is 4.90. The molecule has 4 nitrogen and oxygen atoms in total. The van der Waals surface area contributed by atoms with Gasteiger partial charge in [0.15, 0.2) is 5.76 Å². The third-order valence-electron chi connectivity index (χ3n) is 3.30. The maximum Gasteiger partial charge on any atom is 0.291 e. The van der Waals surface area contributed by atoms with Crippen molar-refractivity contribution in [2.24, 2.45) is 0 Å². The number of anilines is 1. The number of rotatable bonds is 3. The first-order valence-electron chi connectivity index (χ1n) is 6.71. The van der Waals surface area contributed by atoms with E-state index in [1.165, 1.54) is 0 Å². The highest BCUT2D eigenvalue weighted by Crippen LogP contribution is 2.20. The van der Waals surface area contributed by atoms with E-state index in [1.54, 1.807) is 37.3 Å². The second-order valence-electron chi connectivity index (χ2n) is 4.90. The highest BCUT2D eigenvalue weighted by molar-refractivity contribution is 6.04. The third-order valence-corrected chi connectivity index (χ3v) is 3.30. The van der Waals surface area contributed by atoms with E-state index in [0.29, 0.717) is 11.3 Å². The van der Waals surface area contributed by atoms with Crippen LogP contribution in [0.4, 0.5) is 5.69 Å².